The molecule has 0 aliphatic carbocycles. The fourth-order valence-corrected chi connectivity index (χ4v) is 2.97. The van der Waals surface area contributed by atoms with Gasteiger partial charge in [0, 0.05) is 20.7 Å². The van der Waals surface area contributed by atoms with Crippen LogP contribution in [0, 0.1) is 12.7 Å². The van der Waals surface area contributed by atoms with Gasteiger partial charge < -0.3 is 9.84 Å². The molecule has 7 heteroatoms. The SMILES string of the molecule is COCC(O)CN(C)S(=O)(=O)c1cc(C)ccc1F. The first-order valence-corrected chi connectivity index (χ1v) is 7.12. The number of likely N-dealkylation sites (N-methyl/N-ethyl adjacent to an activating group) is 1. The number of halogens is 1. The van der Waals surface area contributed by atoms with Gasteiger partial charge in [-0.2, -0.15) is 4.31 Å². The molecule has 0 saturated heterocycles. The lowest BCUT2D eigenvalue weighted by Gasteiger charge is -2.20. The van der Waals surface area contributed by atoms with Crippen LogP contribution in [0.1, 0.15) is 5.56 Å². The Kier molecular flexibility index (Phi) is 5.42. The third kappa shape index (κ3) is 3.97. The minimum absolute atomic E-state index is 0.0101. The van der Waals surface area contributed by atoms with E-state index >= 15 is 0 Å². The highest BCUT2D eigenvalue weighted by Gasteiger charge is 2.26. The second-order valence-corrected chi connectivity index (χ2v) is 6.34. The van der Waals surface area contributed by atoms with Crippen molar-refractivity contribution < 1.29 is 22.7 Å². The molecule has 0 radical (unpaired) electrons. The quantitative estimate of drug-likeness (QED) is 0.840. The molecule has 1 atom stereocenters. The zero-order valence-electron chi connectivity index (χ0n) is 11.1. The first-order valence-electron chi connectivity index (χ1n) is 5.68. The predicted octanol–water partition coefficient (Wildman–Crippen LogP) is 0.762. The molecule has 0 aliphatic rings. The summed E-state index contributed by atoms with van der Waals surface area (Å²) in [5, 5.41) is 9.53. The summed E-state index contributed by atoms with van der Waals surface area (Å²) < 4.78 is 43.6. The summed E-state index contributed by atoms with van der Waals surface area (Å²) in [7, 11) is -1.27. The lowest BCUT2D eigenvalue weighted by atomic mass is 10.2. The third-order valence-corrected chi connectivity index (χ3v) is 4.44. The van der Waals surface area contributed by atoms with Crippen LogP contribution in [0.3, 0.4) is 0 Å². The molecule has 1 unspecified atom stereocenters. The van der Waals surface area contributed by atoms with Gasteiger partial charge in [-0.1, -0.05) is 6.07 Å². The van der Waals surface area contributed by atoms with E-state index in [1.165, 1.54) is 26.3 Å². The van der Waals surface area contributed by atoms with Crippen molar-refractivity contribution in [3.63, 3.8) is 0 Å². The first-order chi connectivity index (χ1) is 8.78. The maximum Gasteiger partial charge on any atom is 0.245 e. The van der Waals surface area contributed by atoms with E-state index in [4.69, 9.17) is 4.74 Å². The third-order valence-electron chi connectivity index (χ3n) is 2.60. The average Bonchev–Trinajstić information content (AvgIpc) is 2.32. The molecule has 19 heavy (non-hydrogen) atoms. The molecule has 1 aromatic carbocycles. The van der Waals surface area contributed by atoms with Crippen LogP contribution in [0.5, 0.6) is 0 Å². The number of aliphatic hydroxyl groups is 1. The number of ether oxygens (including phenoxy) is 1. The van der Waals surface area contributed by atoms with Crippen LogP contribution in [-0.2, 0) is 14.8 Å². The van der Waals surface area contributed by atoms with E-state index in [-0.39, 0.29) is 18.0 Å². The molecule has 0 saturated carbocycles. The standard InChI is InChI=1S/C12H18FNO4S/c1-9-4-5-11(13)12(6-9)19(16,17)14(2)7-10(15)8-18-3/h4-6,10,15H,7-8H2,1-3H3. The zero-order chi connectivity index (χ0) is 14.6. The minimum Gasteiger partial charge on any atom is -0.389 e. The van der Waals surface area contributed by atoms with Crippen molar-refractivity contribution in [2.75, 3.05) is 27.3 Å². The predicted molar refractivity (Wildman–Crippen MR) is 68.8 cm³/mol. The van der Waals surface area contributed by atoms with Crippen molar-refractivity contribution >= 4 is 10.0 Å². The normalized spacial score (nSPS) is 13.8. The van der Waals surface area contributed by atoms with E-state index in [0.29, 0.717) is 5.56 Å². The number of hydrogen-bond donors (Lipinski definition) is 1. The molecule has 1 rings (SSSR count). The molecule has 0 fully saturated rings. The van der Waals surface area contributed by atoms with E-state index < -0.39 is 21.9 Å². The highest BCUT2D eigenvalue weighted by molar-refractivity contribution is 7.89. The van der Waals surface area contributed by atoms with E-state index in [2.05, 4.69) is 0 Å². The molecule has 5 nitrogen and oxygen atoms in total. The van der Waals surface area contributed by atoms with Gasteiger partial charge in [-0.15, -0.1) is 0 Å². The van der Waals surface area contributed by atoms with Gasteiger partial charge in [-0.3, -0.25) is 0 Å². The molecular weight excluding hydrogens is 273 g/mol. The highest BCUT2D eigenvalue weighted by Crippen LogP contribution is 2.19. The number of methoxy groups -OCH3 is 1. The number of aryl methyl sites for hydroxylation is 1. The van der Waals surface area contributed by atoms with E-state index in [0.717, 1.165) is 10.4 Å². The second kappa shape index (κ2) is 6.42. The van der Waals surface area contributed by atoms with Crippen molar-refractivity contribution in [2.24, 2.45) is 0 Å². The first kappa shape index (κ1) is 16.0. The molecular formula is C12H18FNO4S. The van der Waals surface area contributed by atoms with Crippen LogP contribution >= 0.6 is 0 Å². The van der Waals surface area contributed by atoms with E-state index in [1.807, 2.05) is 0 Å². The van der Waals surface area contributed by atoms with Gasteiger partial charge in [0.15, 0.2) is 0 Å². The van der Waals surface area contributed by atoms with E-state index in [1.54, 1.807) is 6.92 Å². The van der Waals surface area contributed by atoms with Crippen molar-refractivity contribution in [2.45, 2.75) is 17.9 Å². The van der Waals surface area contributed by atoms with Crippen LogP contribution in [0.4, 0.5) is 4.39 Å². The van der Waals surface area contributed by atoms with Crippen molar-refractivity contribution in [3.05, 3.63) is 29.6 Å². The number of benzene rings is 1. The zero-order valence-corrected chi connectivity index (χ0v) is 11.9. The van der Waals surface area contributed by atoms with Crippen molar-refractivity contribution in [3.8, 4) is 0 Å². The van der Waals surface area contributed by atoms with Crippen LogP contribution in [-0.4, -0.2) is 51.2 Å². The lowest BCUT2D eigenvalue weighted by molar-refractivity contribution is 0.0554. The van der Waals surface area contributed by atoms with Crippen molar-refractivity contribution in [1.82, 2.24) is 4.31 Å². The molecule has 0 aromatic heterocycles. The monoisotopic (exact) mass is 291 g/mol. The average molecular weight is 291 g/mol. The Hall–Kier alpha value is -1.02. The Balaban J connectivity index is 3.00. The lowest BCUT2D eigenvalue weighted by Crippen LogP contribution is -2.36. The molecule has 0 amide bonds. The number of hydrogen-bond acceptors (Lipinski definition) is 4. The number of nitrogens with zero attached hydrogens (tertiary/aromatic N) is 1. The summed E-state index contributed by atoms with van der Waals surface area (Å²) in [5.41, 5.74) is 0.644. The Morgan fingerprint density at radius 3 is 2.68 bits per heavy atom. The van der Waals surface area contributed by atoms with E-state index in [9.17, 15) is 17.9 Å². The van der Waals surface area contributed by atoms with Crippen LogP contribution < -0.4 is 0 Å². The summed E-state index contributed by atoms with van der Waals surface area (Å²) in [6.45, 7) is 1.53. The smallest absolute Gasteiger partial charge is 0.245 e. The molecule has 108 valence electrons. The largest absolute Gasteiger partial charge is 0.389 e. The molecule has 0 aliphatic heterocycles. The molecule has 0 bridgehead atoms. The van der Waals surface area contributed by atoms with Crippen molar-refractivity contribution in [1.29, 1.82) is 0 Å². The van der Waals surface area contributed by atoms with Crippen LogP contribution in [0.2, 0.25) is 0 Å². The van der Waals surface area contributed by atoms with Gasteiger partial charge in [0.05, 0.1) is 12.7 Å². The summed E-state index contributed by atoms with van der Waals surface area (Å²) in [6, 6.07) is 3.87. The maximum atomic E-state index is 13.6. The Bertz CT molecular complexity index is 533. The highest BCUT2D eigenvalue weighted by atomic mass is 32.2. The molecule has 0 spiro atoms. The van der Waals surface area contributed by atoms with Crippen LogP contribution in [0.15, 0.2) is 23.1 Å². The fourth-order valence-electron chi connectivity index (χ4n) is 1.62. The maximum absolute atomic E-state index is 13.6. The minimum atomic E-state index is -3.96. The molecule has 1 aromatic rings. The van der Waals surface area contributed by atoms with Gasteiger partial charge in [0.1, 0.15) is 10.7 Å². The Morgan fingerprint density at radius 1 is 1.47 bits per heavy atom. The van der Waals surface area contributed by atoms with Gasteiger partial charge in [-0.05, 0) is 24.6 Å². The Morgan fingerprint density at radius 2 is 2.11 bits per heavy atom. The summed E-state index contributed by atoms with van der Waals surface area (Å²) >= 11 is 0. The number of aliphatic hydroxyl groups excluding tert-OH is 1. The van der Waals surface area contributed by atoms with Gasteiger partial charge in [0.25, 0.3) is 0 Å². The summed E-state index contributed by atoms with van der Waals surface area (Å²) in [4.78, 5) is -0.389. The second-order valence-electron chi connectivity index (χ2n) is 4.33. The van der Waals surface area contributed by atoms with Gasteiger partial charge >= 0.3 is 0 Å². The topological polar surface area (TPSA) is 66.8 Å². The summed E-state index contributed by atoms with van der Waals surface area (Å²) in [6.07, 6.45) is -0.961. The molecule has 0 heterocycles. The van der Waals surface area contributed by atoms with Gasteiger partial charge in [0.2, 0.25) is 10.0 Å². The summed E-state index contributed by atoms with van der Waals surface area (Å²) in [5.74, 6) is -0.807. The number of rotatable bonds is 6. The Labute approximate surface area is 112 Å². The van der Waals surface area contributed by atoms with Crippen LogP contribution in [0.25, 0.3) is 0 Å². The van der Waals surface area contributed by atoms with Gasteiger partial charge in [-0.25, -0.2) is 12.8 Å². The number of sulfonamides is 1. The molecule has 1 N–H and O–H groups in total. The fraction of sp³-hybridized carbons (Fsp3) is 0.500.